The van der Waals surface area contributed by atoms with Crippen LogP contribution < -0.4 is 0 Å². The van der Waals surface area contributed by atoms with Crippen LogP contribution in [0.3, 0.4) is 0 Å². The topological polar surface area (TPSA) is 57.7 Å². The lowest BCUT2D eigenvalue weighted by Gasteiger charge is -2.22. The molecule has 0 aromatic heterocycles. The average Bonchev–Trinajstić information content (AvgIpc) is 2.86. The van der Waals surface area contributed by atoms with Crippen molar-refractivity contribution in [2.24, 2.45) is 0 Å². The number of rotatable bonds is 7. The molecule has 1 saturated heterocycles. The molecule has 1 amide bonds. The summed E-state index contributed by atoms with van der Waals surface area (Å²) in [5.74, 6) is -0.166. The number of sulfonamides is 1. The smallest absolute Gasteiger partial charge is 0.222 e. The van der Waals surface area contributed by atoms with Gasteiger partial charge in [0.1, 0.15) is 5.82 Å². The van der Waals surface area contributed by atoms with Gasteiger partial charge in [-0.25, -0.2) is 17.1 Å². The Bertz CT molecular complexity index is 679. The first-order valence-electron chi connectivity index (χ1n) is 8.93. The summed E-state index contributed by atoms with van der Waals surface area (Å²) in [5.41, 5.74) is 0.537. The van der Waals surface area contributed by atoms with E-state index in [1.54, 1.807) is 23.1 Å². The molecule has 0 bridgehead atoms. The van der Waals surface area contributed by atoms with Crippen molar-refractivity contribution in [1.82, 2.24) is 9.21 Å². The van der Waals surface area contributed by atoms with Gasteiger partial charge >= 0.3 is 0 Å². The predicted molar refractivity (Wildman–Crippen MR) is 96.2 cm³/mol. The highest BCUT2D eigenvalue weighted by molar-refractivity contribution is 7.89. The zero-order chi connectivity index (χ0) is 18.3. The molecule has 1 aromatic rings. The minimum atomic E-state index is -3.23. The maximum atomic E-state index is 13.6. The molecule has 1 aliphatic rings. The molecule has 7 heteroatoms. The Morgan fingerprint density at radius 1 is 1.16 bits per heavy atom. The second-order valence-corrected chi connectivity index (χ2v) is 8.48. The van der Waals surface area contributed by atoms with E-state index in [2.05, 4.69) is 0 Å². The summed E-state index contributed by atoms with van der Waals surface area (Å²) in [6.45, 7) is 3.73. The fraction of sp³-hybridized carbons (Fsp3) is 0.611. The van der Waals surface area contributed by atoms with E-state index >= 15 is 0 Å². The molecule has 1 fully saturated rings. The van der Waals surface area contributed by atoms with Crippen molar-refractivity contribution >= 4 is 15.9 Å². The Morgan fingerprint density at radius 2 is 1.92 bits per heavy atom. The minimum absolute atomic E-state index is 0.0453. The molecular formula is C18H27FN2O3S. The van der Waals surface area contributed by atoms with Crippen molar-refractivity contribution < 1.29 is 17.6 Å². The van der Waals surface area contributed by atoms with Crippen LogP contribution in [0.4, 0.5) is 4.39 Å². The van der Waals surface area contributed by atoms with Crippen LogP contribution in [0, 0.1) is 5.82 Å². The number of amides is 1. The summed E-state index contributed by atoms with van der Waals surface area (Å²) < 4.78 is 39.7. The molecule has 0 radical (unpaired) electrons. The van der Waals surface area contributed by atoms with Crippen molar-refractivity contribution in [3.8, 4) is 0 Å². The highest BCUT2D eigenvalue weighted by Crippen LogP contribution is 2.13. The lowest BCUT2D eigenvalue weighted by atomic mass is 10.1. The SMILES string of the molecule is CCCCS(=O)(=O)N1CCCN(C(=O)CCc2ccccc2F)CC1. The van der Waals surface area contributed by atoms with Crippen LogP contribution in [0.15, 0.2) is 24.3 Å². The third-order valence-electron chi connectivity index (χ3n) is 4.52. The molecule has 2 rings (SSSR count). The minimum Gasteiger partial charge on any atom is -0.341 e. The Hall–Kier alpha value is -1.47. The van der Waals surface area contributed by atoms with Crippen molar-refractivity contribution in [1.29, 1.82) is 0 Å². The maximum absolute atomic E-state index is 13.6. The Morgan fingerprint density at radius 3 is 2.64 bits per heavy atom. The number of hydrogen-bond donors (Lipinski definition) is 0. The largest absolute Gasteiger partial charge is 0.341 e. The number of nitrogens with zero attached hydrogens (tertiary/aromatic N) is 2. The van der Waals surface area contributed by atoms with E-state index in [1.165, 1.54) is 10.4 Å². The van der Waals surface area contributed by atoms with Gasteiger partial charge in [0, 0.05) is 32.6 Å². The van der Waals surface area contributed by atoms with Crippen LogP contribution in [0.2, 0.25) is 0 Å². The van der Waals surface area contributed by atoms with Crippen molar-refractivity contribution in [3.05, 3.63) is 35.6 Å². The second-order valence-electron chi connectivity index (χ2n) is 6.39. The van der Waals surface area contributed by atoms with Gasteiger partial charge in [0.2, 0.25) is 15.9 Å². The number of benzene rings is 1. The van der Waals surface area contributed by atoms with E-state index < -0.39 is 10.0 Å². The van der Waals surface area contributed by atoms with E-state index in [9.17, 15) is 17.6 Å². The van der Waals surface area contributed by atoms with E-state index in [0.717, 1.165) is 6.42 Å². The van der Waals surface area contributed by atoms with Gasteiger partial charge in [-0.05, 0) is 30.9 Å². The number of carbonyl (C=O) groups is 1. The van der Waals surface area contributed by atoms with Gasteiger partial charge in [-0.3, -0.25) is 4.79 Å². The highest BCUT2D eigenvalue weighted by Gasteiger charge is 2.26. The van der Waals surface area contributed by atoms with Crippen LogP contribution in [0.25, 0.3) is 0 Å². The van der Waals surface area contributed by atoms with Crippen LogP contribution in [0.1, 0.15) is 38.2 Å². The first-order valence-corrected chi connectivity index (χ1v) is 10.5. The average molecular weight is 370 g/mol. The Labute approximate surface area is 149 Å². The van der Waals surface area contributed by atoms with E-state index in [4.69, 9.17) is 0 Å². The molecular weight excluding hydrogens is 343 g/mol. The molecule has 0 unspecified atom stereocenters. The number of aryl methyl sites for hydroxylation is 1. The summed E-state index contributed by atoms with van der Waals surface area (Å²) in [7, 11) is -3.23. The summed E-state index contributed by atoms with van der Waals surface area (Å²) >= 11 is 0. The number of carbonyl (C=O) groups excluding carboxylic acids is 1. The van der Waals surface area contributed by atoms with Gasteiger partial charge in [-0.2, -0.15) is 0 Å². The zero-order valence-electron chi connectivity index (χ0n) is 14.8. The van der Waals surface area contributed by atoms with Crippen LogP contribution in [-0.2, 0) is 21.2 Å². The van der Waals surface area contributed by atoms with Gasteiger partial charge in [-0.1, -0.05) is 31.5 Å². The molecule has 1 heterocycles. The molecule has 5 nitrogen and oxygen atoms in total. The summed E-state index contributed by atoms with van der Waals surface area (Å²) in [6, 6.07) is 6.47. The lowest BCUT2D eigenvalue weighted by Crippen LogP contribution is -2.38. The maximum Gasteiger partial charge on any atom is 0.222 e. The number of unbranched alkanes of at least 4 members (excludes halogenated alkanes) is 1. The van der Waals surface area contributed by atoms with Crippen molar-refractivity contribution in [3.63, 3.8) is 0 Å². The number of halogens is 1. The molecule has 25 heavy (non-hydrogen) atoms. The Kier molecular flexibility index (Phi) is 7.38. The standard InChI is InChI=1S/C18H27FN2O3S/c1-2-3-15-25(23,24)21-12-6-11-20(13-14-21)18(22)10-9-16-7-4-5-8-17(16)19/h4-5,7-8H,2-3,6,9-15H2,1H3. The third-order valence-corrected chi connectivity index (χ3v) is 6.48. The van der Waals surface area contributed by atoms with E-state index in [0.29, 0.717) is 51.0 Å². The molecule has 1 aromatic carbocycles. The van der Waals surface area contributed by atoms with Crippen molar-refractivity contribution in [2.75, 3.05) is 31.9 Å². The normalized spacial score (nSPS) is 16.6. The molecule has 0 saturated carbocycles. The van der Waals surface area contributed by atoms with Gasteiger partial charge in [0.05, 0.1) is 5.75 Å². The lowest BCUT2D eigenvalue weighted by molar-refractivity contribution is -0.131. The van der Waals surface area contributed by atoms with Gasteiger partial charge in [0.25, 0.3) is 0 Å². The first-order chi connectivity index (χ1) is 11.9. The van der Waals surface area contributed by atoms with E-state index in [1.807, 2.05) is 6.92 Å². The van der Waals surface area contributed by atoms with Crippen LogP contribution >= 0.6 is 0 Å². The molecule has 140 valence electrons. The summed E-state index contributed by atoms with van der Waals surface area (Å²) in [4.78, 5) is 14.1. The fourth-order valence-corrected chi connectivity index (χ4v) is 4.66. The highest BCUT2D eigenvalue weighted by atomic mass is 32.2. The summed E-state index contributed by atoms with van der Waals surface area (Å²) in [5, 5.41) is 0. The van der Waals surface area contributed by atoms with Crippen LogP contribution in [-0.4, -0.2) is 55.5 Å². The quantitative estimate of drug-likeness (QED) is 0.741. The molecule has 0 aliphatic carbocycles. The van der Waals surface area contributed by atoms with Gasteiger partial charge in [-0.15, -0.1) is 0 Å². The van der Waals surface area contributed by atoms with Crippen LogP contribution in [0.5, 0.6) is 0 Å². The third kappa shape index (κ3) is 5.78. The monoisotopic (exact) mass is 370 g/mol. The summed E-state index contributed by atoms with van der Waals surface area (Å²) in [6.07, 6.45) is 2.73. The zero-order valence-corrected chi connectivity index (χ0v) is 15.6. The van der Waals surface area contributed by atoms with Gasteiger partial charge < -0.3 is 4.90 Å². The molecule has 1 aliphatic heterocycles. The first kappa shape index (κ1) is 19.8. The fourth-order valence-electron chi connectivity index (χ4n) is 2.98. The number of hydrogen-bond acceptors (Lipinski definition) is 3. The Balaban J connectivity index is 1.87. The van der Waals surface area contributed by atoms with Gasteiger partial charge in [0.15, 0.2) is 0 Å². The second kappa shape index (κ2) is 9.29. The molecule has 0 N–H and O–H groups in total. The van der Waals surface area contributed by atoms with Crippen molar-refractivity contribution in [2.45, 2.75) is 39.0 Å². The molecule has 0 atom stereocenters. The predicted octanol–water partition coefficient (Wildman–Crippen LogP) is 2.42. The molecule has 0 spiro atoms. The van der Waals surface area contributed by atoms with E-state index in [-0.39, 0.29) is 23.9 Å².